The van der Waals surface area contributed by atoms with E-state index in [9.17, 15) is 14.7 Å². The summed E-state index contributed by atoms with van der Waals surface area (Å²) in [6.45, 7) is 3.86. The van der Waals surface area contributed by atoms with Gasteiger partial charge in [0.05, 0.1) is 24.8 Å². The molecular formula is C29H25NO6. The summed E-state index contributed by atoms with van der Waals surface area (Å²) in [7, 11) is 1.53. The fourth-order valence-corrected chi connectivity index (χ4v) is 4.41. The van der Waals surface area contributed by atoms with E-state index in [1.807, 2.05) is 32.0 Å². The Morgan fingerprint density at radius 2 is 1.72 bits per heavy atom. The van der Waals surface area contributed by atoms with Crippen LogP contribution in [0.3, 0.4) is 0 Å². The molecule has 0 saturated heterocycles. The number of aliphatic hydroxyl groups is 1. The van der Waals surface area contributed by atoms with Crippen LogP contribution in [0.1, 0.15) is 36.0 Å². The Hall–Kier alpha value is -4.52. The van der Waals surface area contributed by atoms with Crippen molar-refractivity contribution in [2.75, 3.05) is 12.0 Å². The summed E-state index contributed by atoms with van der Waals surface area (Å²) < 4.78 is 16.9. The quantitative estimate of drug-likeness (QED) is 0.324. The molecule has 1 N–H and O–H groups in total. The maximum Gasteiger partial charge on any atom is 0.294 e. The number of hydrogen-bond acceptors (Lipinski definition) is 6. The molecule has 0 fully saturated rings. The van der Waals surface area contributed by atoms with Crippen molar-refractivity contribution in [3.05, 3.63) is 102 Å². The van der Waals surface area contributed by atoms with Gasteiger partial charge < -0.3 is 19.0 Å². The third-order valence-electron chi connectivity index (χ3n) is 6.00. The van der Waals surface area contributed by atoms with Crippen molar-refractivity contribution in [3.63, 3.8) is 0 Å². The number of methoxy groups -OCH3 is 1. The van der Waals surface area contributed by atoms with E-state index in [1.165, 1.54) is 12.0 Å². The smallest absolute Gasteiger partial charge is 0.294 e. The number of furan rings is 1. The van der Waals surface area contributed by atoms with Gasteiger partial charge in [0.15, 0.2) is 11.5 Å². The summed E-state index contributed by atoms with van der Waals surface area (Å²) in [5.41, 5.74) is 1.60. The van der Waals surface area contributed by atoms with Crippen molar-refractivity contribution in [2.45, 2.75) is 26.0 Å². The second-order valence-corrected chi connectivity index (χ2v) is 8.75. The molecule has 1 aliphatic rings. The Morgan fingerprint density at radius 1 is 0.972 bits per heavy atom. The molecule has 5 rings (SSSR count). The highest BCUT2D eigenvalue weighted by Gasteiger charge is 2.45. The summed E-state index contributed by atoms with van der Waals surface area (Å²) in [6.07, 6.45) is -0.00801. The number of ketones is 1. The van der Waals surface area contributed by atoms with Crippen LogP contribution in [0.2, 0.25) is 0 Å². The number of Topliss-reactive ketones (excluding diaryl/α,β-unsaturated/α-hetero) is 1. The number of benzene rings is 3. The van der Waals surface area contributed by atoms with Crippen LogP contribution in [-0.4, -0.2) is 30.0 Å². The molecule has 36 heavy (non-hydrogen) atoms. The number of carbonyl (C=O) groups is 2. The Morgan fingerprint density at radius 3 is 2.42 bits per heavy atom. The minimum Gasteiger partial charge on any atom is -0.503 e. The Bertz CT molecular complexity index is 1450. The number of aliphatic hydroxyl groups excluding tert-OH is 1. The molecule has 1 amide bonds. The highest BCUT2D eigenvalue weighted by molar-refractivity contribution is 6.20. The van der Waals surface area contributed by atoms with Gasteiger partial charge in [-0.15, -0.1) is 0 Å². The van der Waals surface area contributed by atoms with E-state index in [4.69, 9.17) is 13.9 Å². The standard InChI is InChI=1S/C29H25NO6/c1-17(2)35-21-13-11-18(12-14-21)26-25(27(31)24-15-19-7-4-5-10-23(19)36-24)28(32)29(33)30(26)20-8-6-9-22(16-20)34-3/h4-17,26,32H,1-3H3. The van der Waals surface area contributed by atoms with Gasteiger partial charge in [0.1, 0.15) is 17.1 Å². The second-order valence-electron chi connectivity index (χ2n) is 8.75. The van der Waals surface area contributed by atoms with E-state index in [0.717, 1.165) is 5.39 Å². The molecule has 7 heteroatoms. The number of hydrogen-bond donors (Lipinski definition) is 1. The summed E-state index contributed by atoms with van der Waals surface area (Å²) >= 11 is 0. The van der Waals surface area contributed by atoms with Crippen molar-refractivity contribution >= 4 is 28.3 Å². The molecule has 0 saturated carbocycles. The summed E-state index contributed by atoms with van der Waals surface area (Å²) in [5.74, 6) is -0.621. The molecule has 1 aromatic heterocycles. The van der Waals surface area contributed by atoms with Crippen LogP contribution in [0.25, 0.3) is 11.0 Å². The minimum atomic E-state index is -0.890. The fraction of sp³-hybridized carbons (Fsp3) is 0.172. The van der Waals surface area contributed by atoms with Gasteiger partial charge in [-0.1, -0.05) is 36.4 Å². The largest absolute Gasteiger partial charge is 0.503 e. The van der Waals surface area contributed by atoms with Crippen LogP contribution in [0.5, 0.6) is 11.5 Å². The van der Waals surface area contributed by atoms with E-state index in [1.54, 1.807) is 60.7 Å². The van der Waals surface area contributed by atoms with Crippen molar-refractivity contribution in [1.29, 1.82) is 0 Å². The van der Waals surface area contributed by atoms with Crippen molar-refractivity contribution < 1.29 is 28.6 Å². The number of amides is 1. The predicted octanol–water partition coefficient (Wildman–Crippen LogP) is 6.01. The molecule has 182 valence electrons. The van der Waals surface area contributed by atoms with Crippen molar-refractivity contribution in [3.8, 4) is 11.5 Å². The van der Waals surface area contributed by atoms with Crippen LogP contribution in [0.15, 0.2) is 94.6 Å². The molecule has 0 radical (unpaired) electrons. The Kier molecular flexibility index (Phi) is 5.98. The maximum absolute atomic E-state index is 13.7. The fourth-order valence-electron chi connectivity index (χ4n) is 4.41. The summed E-state index contributed by atoms with van der Waals surface area (Å²) in [4.78, 5) is 28.5. The van der Waals surface area contributed by atoms with Crippen molar-refractivity contribution in [1.82, 2.24) is 0 Å². The van der Waals surface area contributed by atoms with Gasteiger partial charge in [-0.25, -0.2) is 0 Å². The van der Waals surface area contributed by atoms with Crippen LogP contribution < -0.4 is 14.4 Å². The van der Waals surface area contributed by atoms with E-state index in [0.29, 0.717) is 28.3 Å². The third-order valence-corrected chi connectivity index (χ3v) is 6.00. The third kappa shape index (κ3) is 4.09. The topological polar surface area (TPSA) is 89.2 Å². The molecule has 3 aromatic carbocycles. The first-order valence-electron chi connectivity index (χ1n) is 11.6. The minimum absolute atomic E-state index is 0.00801. The monoisotopic (exact) mass is 483 g/mol. The average molecular weight is 484 g/mol. The molecule has 2 heterocycles. The van der Waals surface area contributed by atoms with Crippen LogP contribution in [-0.2, 0) is 4.79 Å². The number of fused-ring (bicyclic) bond motifs is 1. The van der Waals surface area contributed by atoms with Crippen LogP contribution >= 0.6 is 0 Å². The molecule has 1 unspecified atom stereocenters. The van der Waals surface area contributed by atoms with E-state index in [2.05, 4.69) is 0 Å². The lowest BCUT2D eigenvalue weighted by Crippen LogP contribution is -2.31. The number of anilines is 1. The first-order valence-corrected chi connectivity index (χ1v) is 11.6. The van der Waals surface area contributed by atoms with Gasteiger partial charge in [0.2, 0.25) is 5.78 Å². The van der Waals surface area contributed by atoms with Gasteiger partial charge in [0.25, 0.3) is 5.91 Å². The molecule has 7 nitrogen and oxygen atoms in total. The first kappa shape index (κ1) is 23.2. The highest BCUT2D eigenvalue weighted by Crippen LogP contribution is 2.43. The normalized spacial score (nSPS) is 15.7. The zero-order chi connectivity index (χ0) is 25.4. The molecule has 1 aliphatic heterocycles. The molecule has 4 aromatic rings. The van der Waals surface area contributed by atoms with Gasteiger partial charge in [-0.3, -0.25) is 14.5 Å². The predicted molar refractivity (Wildman–Crippen MR) is 136 cm³/mol. The van der Waals surface area contributed by atoms with Gasteiger partial charge in [-0.05, 0) is 55.8 Å². The number of rotatable bonds is 7. The van der Waals surface area contributed by atoms with Crippen molar-refractivity contribution in [2.24, 2.45) is 0 Å². The zero-order valence-corrected chi connectivity index (χ0v) is 20.1. The number of carbonyl (C=O) groups excluding carboxylic acids is 2. The lowest BCUT2D eigenvalue weighted by Gasteiger charge is -2.27. The summed E-state index contributed by atoms with van der Waals surface area (Å²) in [6, 6.07) is 22.0. The molecule has 0 aliphatic carbocycles. The molecule has 1 atom stereocenters. The number of para-hydroxylation sites is 1. The first-order chi connectivity index (χ1) is 17.4. The SMILES string of the molecule is COc1cccc(N2C(=O)C(O)=C(C(=O)c3cc4ccccc4o3)C2c2ccc(OC(C)C)cc2)c1. The van der Waals surface area contributed by atoms with E-state index >= 15 is 0 Å². The molecule has 0 spiro atoms. The van der Waals surface area contributed by atoms with Gasteiger partial charge in [-0.2, -0.15) is 0 Å². The Balaban J connectivity index is 1.63. The van der Waals surface area contributed by atoms with E-state index in [-0.39, 0.29) is 17.4 Å². The van der Waals surface area contributed by atoms with Crippen LogP contribution in [0, 0.1) is 0 Å². The number of ether oxygens (including phenoxy) is 2. The van der Waals surface area contributed by atoms with Gasteiger partial charge >= 0.3 is 0 Å². The second kappa shape index (κ2) is 9.26. The van der Waals surface area contributed by atoms with E-state index < -0.39 is 23.5 Å². The average Bonchev–Trinajstić information content (AvgIpc) is 3.43. The maximum atomic E-state index is 13.7. The lowest BCUT2D eigenvalue weighted by molar-refractivity contribution is -0.117. The number of nitrogens with zero attached hydrogens (tertiary/aromatic N) is 1. The molecule has 0 bridgehead atoms. The zero-order valence-electron chi connectivity index (χ0n) is 20.1. The van der Waals surface area contributed by atoms with Gasteiger partial charge in [0, 0.05) is 17.1 Å². The molecular weight excluding hydrogens is 458 g/mol. The van der Waals surface area contributed by atoms with Crippen LogP contribution in [0.4, 0.5) is 5.69 Å². The highest BCUT2D eigenvalue weighted by atomic mass is 16.5. The Labute approximate surface area is 208 Å². The lowest BCUT2D eigenvalue weighted by atomic mass is 9.94. The summed E-state index contributed by atoms with van der Waals surface area (Å²) in [5, 5.41) is 11.7.